The highest BCUT2D eigenvalue weighted by molar-refractivity contribution is 7.92. The van der Waals surface area contributed by atoms with E-state index in [4.69, 9.17) is 0 Å². The van der Waals surface area contributed by atoms with Crippen molar-refractivity contribution in [2.75, 3.05) is 10.0 Å². The average Bonchev–Trinajstić information content (AvgIpc) is 3.08. The van der Waals surface area contributed by atoms with Crippen LogP contribution in [-0.4, -0.2) is 23.9 Å². The van der Waals surface area contributed by atoms with E-state index in [1.807, 2.05) is 0 Å². The van der Waals surface area contributed by atoms with Crippen molar-refractivity contribution in [2.24, 2.45) is 0 Å². The number of sulfonamides is 1. The Kier molecular flexibility index (Phi) is 5.08. The number of aromatic nitrogens is 2. The number of hydrogen-bond donors (Lipinski definition) is 2. The highest BCUT2D eigenvalue weighted by atomic mass is 32.2. The van der Waals surface area contributed by atoms with E-state index in [1.165, 1.54) is 37.3 Å². The lowest BCUT2D eigenvalue weighted by atomic mass is 10.2. The van der Waals surface area contributed by atoms with Crippen molar-refractivity contribution in [3.63, 3.8) is 0 Å². The fourth-order valence-corrected chi connectivity index (χ4v) is 4.05. The molecule has 0 atom stereocenters. The first-order valence-corrected chi connectivity index (χ1v) is 9.83. The monoisotopic (exact) mass is 376 g/mol. The third-order valence-corrected chi connectivity index (χ3v) is 5.64. The van der Waals surface area contributed by atoms with Gasteiger partial charge in [-0.2, -0.15) is 4.98 Å². The van der Waals surface area contributed by atoms with Crippen LogP contribution in [0.1, 0.15) is 38.6 Å². The topological polar surface area (TPSA) is 110 Å². The number of carbonyl (C=O) groups is 1. The van der Waals surface area contributed by atoms with Gasteiger partial charge in [0.2, 0.25) is 5.91 Å². The predicted molar refractivity (Wildman–Crippen MR) is 97.6 cm³/mol. The molecule has 1 heterocycles. The van der Waals surface area contributed by atoms with Crippen LogP contribution in [0.4, 0.5) is 11.5 Å². The minimum absolute atomic E-state index is 0.00775. The summed E-state index contributed by atoms with van der Waals surface area (Å²) in [6.07, 6.45) is 5.63. The van der Waals surface area contributed by atoms with Crippen LogP contribution < -0.4 is 15.7 Å². The summed E-state index contributed by atoms with van der Waals surface area (Å²) < 4.78 is 28.8. The van der Waals surface area contributed by atoms with E-state index in [-0.39, 0.29) is 22.7 Å². The van der Waals surface area contributed by atoms with Gasteiger partial charge in [0.15, 0.2) is 0 Å². The number of nitrogens with zero attached hydrogens (tertiary/aromatic N) is 2. The summed E-state index contributed by atoms with van der Waals surface area (Å²) in [5.41, 5.74) is 0.0341. The van der Waals surface area contributed by atoms with Crippen molar-refractivity contribution in [1.29, 1.82) is 0 Å². The van der Waals surface area contributed by atoms with Crippen LogP contribution in [0.15, 0.2) is 46.2 Å². The number of nitrogens with one attached hydrogen (secondary N) is 2. The smallest absolute Gasteiger partial charge is 0.326 e. The molecule has 2 aromatic rings. The summed E-state index contributed by atoms with van der Waals surface area (Å²) in [5.74, 6) is -0.263. The van der Waals surface area contributed by atoms with Crippen molar-refractivity contribution in [3.05, 3.63) is 47.0 Å². The first-order valence-electron chi connectivity index (χ1n) is 8.35. The van der Waals surface area contributed by atoms with Gasteiger partial charge in [-0.05, 0) is 43.2 Å². The van der Waals surface area contributed by atoms with Gasteiger partial charge in [-0.1, -0.05) is 12.8 Å². The second kappa shape index (κ2) is 7.28. The van der Waals surface area contributed by atoms with Gasteiger partial charge >= 0.3 is 5.69 Å². The summed E-state index contributed by atoms with van der Waals surface area (Å²) in [5, 5.41) is 2.56. The molecule has 1 aliphatic rings. The van der Waals surface area contributed by atoms with Crippen molar-refractivity contribution in [3.8, 4) is 0 Å². The van der Waals surface area contributed by atoms with Gasteiger partial charge in [0, 0.05) is 24.8 Å². The Bertz CT molecular complexity index is 961. The Balaban J connectivity index is 1.77. The second-order valence-corrected chi connectivity index (χ2v) is 7.93. The molecule has 26 heavy (non-hydrogen) atoms. The molecule has 0 saturated heterocycles. The molecule has 1 amide bonds. The minimum Gasteiger partial charge on any atom is -0.326 e. The largest absolute Gasteiger partial charge is 0.349 e. The van der Waals surface area contributed by atoms with Crippen LogP contribution >= 0.6 is 0 Å². The number of anilines is 2. The number of benzene rings is 1. The molecule has 0 spiro atoms. The van der Waals surface area contributed by atoms with E-state index in [9.17, 15) is 18.0 Å². The van der Waals surface area contributed by atoms with Crippen molar-refractivity contribution < 1.29 is 13.2 Å². The molecule has 138 valence electrons. The predicted octanol–water partition coefficient (Wildman–Crippen LogP) is 2.12. The highest BCUT2D eigenvalue weighted by Gasteiger charge is 2.20. The van der Waals surface area contributed by atoms with Gasteiger partial charge in [-0.15, -0.1) is 0 Å². The summed E-state index contributed by atoms with van der Waals surface area (Å²) in [6, 6.07) is 7.34. The normalized spacial score (nSPS) is 15.0. The number of hydrogen-bond acceptors (Lipinski definition) is 5. The van der Waals surface area contributed by atoms with Gasteiger partial charge in [0.25, 0.3) is 10.0 Å². The summed E-state index contributed by atoms with van der Waals surface area (Å²) in [4.78, 5) is 27.0. The fourth-order valence-electron chi connectivity index (χ4n) is 3.05. The van der Waals surface area contributed by atoms with Crippen LogP contribution in [0.5, 0.6) is 0 Å². The number of rotatable bonds is 5. The molecule has 1 aliphatic carbocycles. The standard InChI is InChI=1S/C17H20N4O4S/c1-12(22)18-13-6-8-15(9-7-13)26(24,25)20-16-10-11-21(17(23)19-16)14-4-2-3-5-14/h6-11,14H,2-5H2,1H3,(H,18,22)(H,19,20,23). The zero-order valence-corrected chi connectivity index (χ0v) is 15.1. The average molecular weight is 376 g/mol. The van der Waals surface area contributed by atoms with E-state index in [0.717, 1.165) is 25.7 Å². The molecule has 1 fully saturated rings. The van der Waals surface area contributed by atoms with Gasteiger partial charge < -0.3 is 5.32 Å². The molecule has 3 rings (SSSR count). The van der Waals surface area contributed by atoms with Crippen molar-refractivity contribution in [1.82, 2.24) is 9.55 Å². The Hall–Kier alpha value is -2.68. The number of carbonyl (C=O) groups excluding carboxylic acids is 1. The molecule has 1 aromatic carbocycles. The zero-order chi connectivity index (χ0) is 18.7. The van der Waals surface area contributed by atoms with E-state index in [1.54, 1.807) is 10.8 Å². The molecular weight excluding hydrogens is 356 g/mol. The fraction of sp³-hybridized carbons (Fsp3) is 0.353. The lowest BCUT2D eigenvalue weighted by molar-refractivity contribution is -0.114. The SMILES string of the molecule is CC(=O)Nc1ccc(S(=O)(=O)Nc2ccn(C3CCCC3)c(=O)n2)cc1. The van der Waals surface area contributed by atoms with Crippen LogP contribution in [0, 0.1) is 0 Å². The third kappa shape index (κ3) is 4.10. The maximum atomic E-state index is 12.4. The molecule has 0 unspecified atom stereocenters. The van der Waals surface area contributed by atoms with E-state index >= 15 is 0 Å². The van der Waals surface area contributed by atoms with E-state index in [2.05, 4.69) is 15.0 Å². The Morgan fingerprint density at radius 3 is 2.38 bits per heavy atom. The number of amides is 1. The lowest BCUT2D eigenvalue weighted by Gasteiger charge is -2.13. The second-order valence-electron chi connectivity index (χ2n) is 6.25. The van der Waals surface area contributed by atoms with Crippen molar-refractivity contribution >= 4 is 27.4 Å². The minimum atomic E-state index is -3.88. The first-order chi connectivity index (χ1) is 12.3. The molecule has 1 saturated carbocycles. The van der Waals surface area contributed by atoms with Crippen molar-refractivity contribution in [2.45, 2.75) is 43.5 Å². The van der Waals surface area contributed by atoms with Gasteiger partial charge in [0.05, 0.1) is 4.90 Å². The van der Waals surface area contributed by atoms with Gasteiger partial charge in [-0.3, -0.25) is 14.1 Å². The van der Waals surface area contributed by atoms with Crippen LogP contribution in [-0.2, 0) is 14.8 Å². The molecule has 1 aromatic heterocycles. The van der Waals surface area contributed by atoms with Crippen LogP contribution in [0.25, 0.3) is 0 Å². The molecule has 9 heteroatoms. The van der Waals surface area contributed by atoms with Crippen LogP contribution in [0.3, 0.4) is 0 Å². The molecular formula is C17H20N4O4S. The quantitative estimate of drug-likeness (QED) is 0.830. The molecule has 0 bridgehead atoms. The maximum Gasteiger partial charge on any atom is 0.349 e. The Morgan fingerprint density at radius 2 is 1.81 bits per heavy atom. The molecule has 8 nitrogen and oxygen atoms in total. The zero-order valence-electron chi connectivity index (χ0n) is 14.3. The van der Waals surface area contributed by atoms with Crippen LogP contribution in [0.2, 0.25) is 0 Å². The third-order valence-electron chi connectivity index (χ3n) is 4.27. The highest BCUT2D eigenvalue weighted by Crippen LogP contribution is 2.28. The van der Waals surface area contributed by atoms with Gasteiger partial charge in [0.1, 0.15) is 5.82 Å². The summed E-state index contributed by atoms with van der Waals surface area (Å²) in [6.45, 7) is 1.37. The van der Waals surface area contributed by atoms with E-state index in [0.29, 0.717) is 5.69 Å². The maximum absolute atomic E-state index is 12.4. The Labute approximate surface area is 151 Å². The first kappa shape index (κ1) is 18.1. The summed E-state index contributed by atoms with van der Waals surface area (Å²) >= 11 is 0. The molecule has 0 radical (unpaired) electrons. The molecule has 2 N–H and O–H groups in total. The van der Waals surface area contributed by atoms with E-state index < -0.39 is 15.7 Å². The van der Waals surface area contributed by atoms with Gasteiger partial charge in [-0.25, -0.2) is 13.2 Å². The Morgan fingerprint density at radius 1 is 1.15 bits per heavy atom. The lowest BCUT2D eigenvalue weighted by Crippen LogP contribution is -2.27. The molecule has 0 aliphatic heterocycles. The summed E-state index contributed by atoms with van der Waals surface area (Å²) in [7, 11) is -3.88.